The average Bonchev–Trinajstić information content (AvgIpc) is 2.89. The summed E-state index contributed by atoms with van der Waals surface area (Å²) in [4.78, 5) is 15.3. The maximum absolute atomic E-state index is 11.4. The summed E-state index contributed by atoms with van der Waals surface area (Å²) in [7, 11) is 1.58. The Morgan fingerprint density at radius 2 is 2.06 bits per heavy atom. The van der Waals surface area contributed by atoms with Crippen LogP contribution in [-0.4, -0.2) is 29.8 Å². The number of aromatic nitrogens is 2. The van der Waals surface area contributed by atoms with Gasteiger partial charge in [-0.15, -0.1) is 0 Å². The molecule has 0 saturated carbocycles. The fourth-order valence-electron chi connectivity index (χ4n) is 1.35. The molecule has 1 heterocycles. The van der Waals surface area contributed by atoms with Crippen molar-refractivity contribution >= 4 is 5.97 Å². The lowest BCUT2D eigenvalue weighted by Gasteiger charge is -1.98. The van der Waals surface area contributed by atoms with Crippen molar-refractivity contribution in [1.82, 2.24) is 10.1 Å². The Bertz CT molecular complexity index is 533. The van der Waals surface area contributed by atoms with Gasteiger partial charge in [-0.2, -0.15) is 4.98 Å². The third kappa shape index (κ3) is 2.48. The Balaban J connectivity index is 2.20. The molecule has 2 rings (SSSR count). The number of methoxy groups -OCH3 is 1. The van der Waals surface area contributed by atoms with E-state index in [-0.39, 0.29) is 18.3 Å². The Morgan fingerprint density at radius 1 is 1.33 bits per heavy atom. The molecule has 0 aliphatic rings. The van der Waals surface area contributed by atoms with E-state index in [1.165, 1.54) is 0 Å². The molecule has 6 nitrogen and oxygen atoms in total. The number of carbonyl (C=O) groups is 1. The van der Waals surface area contributed by atoms with Crippen molar-refractivity contribution in [3.63, 3.8) is 0 Å². The minimum Gasteiger partial charge on any atom is -0.497 e. The third-order valence-electron chi connectivity index (χ3n) is 2.22. The van der Waals surface area contributed by atoms with E-state index < -0.39 is 5.97 Å². The molecule has 0 aliphatic heterocycles. The molecule has 0 N–H and O–H groups in total. The Labute approximate surface area is 104 Å². The van der Waals surface area contributed by atoms with Gasteiger partial charge in [0, 0.05) is 5.56 Å². The quantitative estimate of drug-likeness (QED) is 0.769. The normalized spacial score (nSPS) is 10.1. The molecule has 1 aromatic carbocycles. The van der Waals surface area contributed by atoms with Gasteiger partial charge in [-0.1, -0.05) is 0 Å². The topological polar surface area (TPSA) is 74.5 Å². The van der Waals surface area contributed by atoms with Crippen LogP contribution in [-0.2, 0) is 4.74 Å². The zero-order valence-electron chi connectivity index (χ0n) is 10.0. The summed E-state index contributed by atoms with van der Waals surface area (Å²) in [6.45, 7) is 1.98. The van der Waals surface area contributed by atoms with Crippen molar-refractivity contribution in [1.29, 1.82) is 0 Å². The summed E-state index contributed by atoms with van der Waals surface area (Å²) < 4.78 is 14.8. The van der Waals surface area contributed by atoms with E-state index in [1.807, 2.05) is 0 Å². The maximum Gasteiger partial charge on any atom is 0.379 e. The number of rotatable bonds is 4. The Kier molecular flexibility index (Phi) is 3.57. The van der Waals surface area contributed by atoms with Gasteiger partial charge in [-0.05, 0) is 36.3 Å². The fraction of sp³-hybridized carbons (Fsp3) is 0.250. The van der Waals surface area contributed by atoms with E-state index in [2.05, 4.69) is 10.1 Å². The highest BCUT2D eigenvalue weighted by Gasteiger charge is 2.16. The molecule has 0 fully saturated rings. The summed E-state index contributed by atoms with van der Waals surface area (Å²) in [5.41, 5.74) is 0.707. The molecule has 0 saturated heterocycles. The van der Waals surface area contributed by atoms with Crippen molar-refractivity contribution in [3.05, 3.63) is 30.1 Å². The molecule has 0 radical (unpaired) electrons. The Morgan fingerprint density at radius 3 is 2.67 bits per heavy atom. The number of hydrogen-bond acceptors (Lipinski definition) is 6. The van der Waals surface area contributed by atoms with Crippen molar-refractivity contribution in [2.45, 2.75) is 6.92 Å². The van der Waals surface area contributed by atoms with Gasteiger partial charge in [0.2, 0.25) is 0 Å². The van der Waals surface area contributed by atoms with Crippen molar-refractivity contribution in [2.24, 2.45) is 0 Å². The largest absolute Gasteiger partial charge is 0.497 e. The monoisotopic (exact) mass is 248 g/mol. The van der Waals surface area contributed by atoms with Gasteiger partial charge in [-0.25, -0.2) is 4.79 Å². The minimum atomic E-state index is -0.596. The van der Waals surface area contributed by atoms with Crippen LogP contribution in [0.15, 0.2) is 28.8 Å². The second-order valence-electron chi connectivity index (χ2n) is 3.37. The van der Waals surface area contributed by atoms with Crippen LogP contribution in [0.25, 0.3) is 11.5 Å². The molecule has 94 valence electrons. The average molecular weight is 248 g/mol. The molecule has 0 unspecified atom stereocenters. The highest BCUT2D eigenvalue weighted by molar-refractivity contribution is 5.85. The first kappa shape index (κ1) is 12.1. The lowest BCUT2D eigenvalue weighted by atomic mass is 10.2. The lowest BCUT2D eigenvalue weighted by molar-refractivity contribution is 0.0508. The van der Waals surface area contributed by atoms with E-state index in [1.54, 1.807) is 38.3 Å². The van der Waals surface area contributed by atoms with E-state index in [0.717, 1.165) is 5.75 Å². The molecular weight excluding hydrogens is 236 g/mol. The SMILES string of the molecule is CCOC(=O)c1noc(-c2ccc(OC)cc2)n1. The van der Waals surface area contributed by atoms with Crippen LogP contribution in [0.1, 0.15) is 17.5 Å². The van der Waals surface area contributed by atoms with Gasteiger partial charge in [0.15, 0.2) is 0 Å². The fourth-order valence-corrected chi connectivity index (χ4v) is 1.35. The van der Waals surface area contributed by atoms with Gasteiger partial charge >= 0.3 is 5.97 Å². The van der Waals surface area contributed by atoms with Crippen LogP contribution in [0.4, 0.5) is 0 Å². The summed E-state index contributed by atoms with van der Waals surface area (Å²) in [6.07, 6.45) is 0. The van der Waals surface area contributed by atoms with Gasteiger partial charge in [0.1, 0.15) is 5.75 Å². The van der Waals surface area contributed by atoms with Crippen molar-refractivity contribution < 1.29 is 18.8 Å². The molecule has 0 atom stereocenters. The van der Waals surface area contributed by atoms with Crippen molar-refractivity contribution in [3.8, 4) is 17.2 Å². The second-order valence-corrected chi connectivity index (χ2v) is 3.37. The molecule has 0 aliphatic carbocycles. The minimum absolute atomic E-state index is 0.0809. The molecule has 0 bridgehead atoms. The van der Waals surface area contributed by atoms with Gasteiger partial charge in [0.05, 0.1) is 13.7 Å². The van der Waals surface area contributed by atoms with Crippen LogP contribution >= 0.6 is 0 Å². The first-order valence-corrected chi connectivity index (χ1v) is 5.40. The number of ether oxygens (including phenoxy) is 2. The smallest absolute Gasteiger partial charge is 0.379 e. The number of carbonyl (C=O) groups excluding carboxylic acids is 1. The number of hydrogen-bond donors (Lipinski definition) is 0. The standard InChI is InChI=1S/C12H12N2O4/c1-3-17-12(15)10-13-11(18-14-10)8-4-6-9(16-2)7-5-8/h4-7H,3H2,1-2H3. The number of esters is 1. The molecule has 6 heteroatoms. The summed E-state index contributed by atoms with van der Waals surface area (Å²) >= 11 is 0. The summed E-state index contributed by atoms with van der Waals surface area (Å²) in [5, 5.41) is 3.56. The predicted octanol–water partition coefficient (Wildman–Crippen LogP) is 1.92. The maximum atomic E-state index is 11.4. The van der Waals surface area contributed by atoms with E-state index in [9.17, 15) is 4.79 Å². The predicted molar refractivity (Wildman–Crippen MR) is 62.2 cm³/mol. The first-order chi connectivity index (χ1) is 8.74. The van der Waals surface area contributed by atoms with Gasteiger partial charge in [-0.3, -0.25) is 0 Å². The number of nitrogens with zero attached hydrogens (tertiary/aromatic N) is 2. The van der Waals surface area contributed by atoms with Crippen LogP contribution < -0.4 is 4.74 Å². The molecule has 2 aromatic rings. The van der Waals surface area contributed by atoms with Gasteiger partial charge < -0.3 is 14.0 Å². The molecule has 0 spiro atoms. The summed E-state index contributed by atoms with van der Waals surface area (Å²) in [5.74, 6) is 0.313. The highest BCUT2D eigenvalue weighted by atomic mass is 16.5. The summed E-state index contributed by atoms with van der Waals surface area (Å²) in [6, 6.07) is 7.07. The van der Waals surface area contributed by atoms with Gasteiger partial charge in [0.25, 0.3) is 11.7 Å². The second kappa shape index (κ2) is 5.31. The van der Waals surface area contributed by atoms with Crippen LogP contribution in [0, 0.1) is 0 Å². The Hall–Kier alpha value is -2.37. The molecular formula is C12H12N2O4. The van der Waals surface area contributed by atoms with Crippen molar-refractivity contribution in [2.75, 3.05) is 13.7 Å². The molecule has 18 heavy (non-hydrogen) atoms. The molecule has 0 amide bonds. The van der Waals surface area contributed by atoms with Crippen LogP contribution in [0.3, 0.4) is 0 Å². The van der Waals surface area contributed by atoms with E-state index in [4.69, 9.17) is 14.0 Å². The highest BCUT2D eigenvalue weighted by Crippen LogP contribution is 2.20. The first-order valence-electron chi connectivity index (χ1n) is 5.40. The third-order valence-corrected chi connectivity index (χ3v) is 2.22. The zero-order chi connectivity index (χ0) is 13.0. The zero-order valence-corrected chi connectivity index (χ0v) is 10.0. The molecule has 1 aromatic heterocycles. The lowest BCUT2D eigenvalue weighted by Crippen LogP contribution is -2.06. The van der Waals surface area contributed by atoms with Crippen LogP contribution in [0.5, 0.6) is 5.75 Å². The number of benzene rings is 1. The van der Waals surface area contributed by atoms with Crippen LogP contribution in [0.2, 0.25) is 0 Å². The van der Waals surface area contributed by atoms with E-state index in [0.29, 0.717) is 5.56 Å². The van der Waals surface area contributed by atoms with E-state index >= 15 is 0 Å².